The maximum absolute atomic E-state index is 12.1. The van der Waals surface area contributed by atoms with E-state index in [0.29, 0.717) is 13.1 Å². The number of nitrogens with one attached hydrogen (secondary N) is 2. The zero-order valence-corrected chi connectivity index (χ0v) is 12.4. The standard InChI is InChI=1S/C13H23N3O5/c1-14-11(17)9-4-3-6-16(8-9)13(20)15-10(12(18)19)5-7-21-2/h9-10H,3-8H2,1-2H3,(H,14,17)(H,15,20)(H,18,19). The van der Waals surface area contributed by atoms with Gasteiger partial charge in [-0.1, -0.05) is 0 Å². The molecule has 0 aromatic rings. The Hall–Kier alpha value is -1.83. The molecule has 1 aliphatic rings. The molecule has 0 saturated carbocycles. The molecule has 21 heavy (non-hydrogen) atoms. The molecule has 1 saturated heterocycles. The molecule has 0 bridgehead atoms. The topological polar surface area (TPSA) is 108 Å². The van der Waals surface area contributed by atoms with Crippen LogP contribution in [0.1, 0.15) is 19.3 Å². The fourth-order valence-electron chi connectivity index (χ4n) is 2.31. The van der Waals surface area contributed by atoms with E-state index in [0.717, 1.165) is 12.8 Å². The fraction of sp³-hybridized carbons (Fsp3) is 0.769. The van der Waals surface area contributed by atoms with E-state index in [4.69, 9.17) is 9.84 Å². The Balaban J connectivity index is 2.56. The van der Waals surface area contributed by atoms with Crippen LogP contribution in [-0.4, -0.2) is 67.8 Å². The zero-order valence-electron chi connectivity index (χ0n) is 12.4. The molecule has 1 fully saturated rings. The third-order valence-corrected chi connectivity index (χ3v) is 3.53. The molecule has 0 aromatic carbocycles. The highest BCUT2D eigenvalue weighted by atomic mass is 16.5. The molecule has 0 aromatic heterocycles. The molecular formula is C13H23N3O5. The summed E-state index contributed by atoms with van der Waals surface area (Å²) in [6.45, 7) is 1.08. The lowest BCUT2D eigenvalue weighted by atomic mass is 9.97. The molecule has 1 rings (SSSR count). The second-order valence-electron chi connectivity index (χ2n) is 5.02. The van der Waals surface area contributed by atoms with Crippen LogP contribution in [-0.2, 0) is 14.3 Å². The van der Waals surface area contributed by atoms with Crippen LogP contribution in [0, 0.1) is 5.92 Å². The third-order valence-electron chi connectivity index (χ3n) is 3.53. The zero-order chi connectivity index (χ0) is 15.8. The number of piperidine rings is 1. The van der Waals surface area contributed by atoms with Gasteiger partial charge in [0.05, 0.1) is 5.92 Å². The summed E-state index contributed by atoms with van der Waals surface area (Å²) in [6.07, 6.45) is 1.65. The van der Waals surface area contributed by atoms with Crippen LogP contribution in [0.3, 0.4) is 0 Å². The van der Waals surface area contributed by atoms with Gasteiger partial charge in [0.2, 0.25) is 5.91 Å². The number of hydrogen-bond donors (Lipinski definition) is 3. The number of carbonyl (C=O) groups excluding carboxylic acids is 2. The molecule has 0 radical (unpaired) electrons. The van der Waals surface area contributed by atoms with E-state index >= 15 is 0 Å². The Morgan fingerprint density at radius 3 is 2.71 bits per heavy atom. The number of rotatable bonds is 6. The number of ether oxygens (including phenoxy) is 1. The van der Waals surface area contributed by atoms with Gasteiger partial charge in [0.1, 0.15) is 6.04 Å². The predicted octanol–water partition coefficient (Wildman–Crippen LogP) is -0.356. The first-order chi connectivity index (χ1) is 9.99. The van der Waals surface area contributed by atoms with Crippen LogP contribution in [0.5, 0.6) is 0 Å². The number of methoxy groups -OCH3 is 1. The minimum Gasteiger partial charge on any atom is -0.480 e. The van der Waals surface area contributed by atoms with E-state index < -0.39 is 18.0 Å². The molecular weight excluding hydrogens is 278 g/mol. The molecule has 2 atom stereocenters. The number of aliphatic carboxylic acids is 1. The number of carboxylic acids is 1. The molecule has 0 spiro atoms. The van der Waals surface area contributed by atoms with E-state index in [-0.39, 0.29) is 24.9 Å². The molecule has 3 N–H and O–H groups in total. The van der Waals surface area contributed by atoms with E-state index in [1.165, 1.54) is 12.0 Å². The lowest BCUT2D eigenvalue weighted by Gasteiger charge is -2.32. The van der Waals surface area contributed by atoms with E-state index in [9.17, 15) is 14.4 Å². The minimum atomic E-state index is -1.10. The van der Waals surface area contributed by atoms with Crippen molar-refractivity contribution < 1.29 is 24.2 Å². The predicted molar refractivity (Wildman–Crippen MR) is 74.8 cm³/mol. The molecule has 3 amide bonds. The Morgan fingerprint density at radius 1 is 1.43 bits per heavy atom. The van der Waals surface area contributed by atoms with Gasteiger partial charge >= 0.3 is 12.0 Å². The monoisotopic (exact) mass is 301 g/mol. The summed E-state index contributed by atoms with van der Waals surface area (Å²) in [5, 5.41) is 14.1. The van der Waals surface area contributed by atoms with Crippen molar-refractivity contribution in [2.24, 2.45) is 5.92 Å². The van der Waals surface area contributed by atoms with Gasteiger partial charge < -0.3 is 25.4 Å². The summed E-state index contributed by atoms with van der Waals surface area (Å²) in [7, 11) is 3.03. The van der Waals surface area contributed by atoms with Crippen molar-refractivity contribution in [1.29, 1.82) is 0 Å². The number of likely N-dealkylation sites (tertiary alicyclic amines) is 1. The number of nitrogens with zero attached hydrogens (tertiary/aromatic N) is 1. The minimum absolute atomic E-state index is 0.0957. The highest BCUT2D eigenvalue weighted by Crippen LogP contribution is 2.16. The van der Waals surface area contributed by atoms with Crippen molar-refractivity contribution in [3.63, 3.8) is 0 Å². The first-order valence-electron chi connectivity index (χ1n) is 6.98. The van der Waals surface area contributed by atoms with Gasteiger partial charge in [-0.25, -0.2) is 9.59 Å². The second kappa shape index (κ2) is 8.46. The summed E-state index contributed by atoms with van der Waals surface area (Å²) in [5.41, 5.74) is 0. The van der Waals surface area contributed by atoms with E-state index in [1.54, 1.807) is 7.05 Å². The average molecular weight is 301 g/mol. The first-order valence-corrected chi connectivity index (χ1v) is 6.98. The normalized spacial score (nSPS) is 19.7. The third kappa shape index (κ3) is 5.22. The maximum atomic E-state index is 12.1. The summed E-state index contributed by atoms with van der Waals surface area (Å²) in [4.78, 5) is 36.3. The molecule has 1 aliphatic heterocycles. The summed E-state index contributed by atoms with van der Waals surface area (Å²) < 4.78 is 4.83. The van der Waals surface area contributed by atoms with Crippen molar-refractivity contribution in [2.75, 3.05) is 33.9 Å². The van der Waals surface area contributed by atoms with Crippen LogP contribution in [0.25, 0.3) is 0 Å². The SMILES string of the molecule is CNC(=O)C1CCCN(C(=O)NC(CCOC)C(=O)O)C1. The lowest BCUT2D eigenvalue weighted by Crippen LogP contribution is -2.52. The van der Waals surface area contributed by atoms with Crippen LogP contribution in [0.4, 0.5) is 4.79 Å². The van der Waals surface area contributed by atoms with E-state index in [1.807, 2.05) is 0 Å². The quantitative estimate of drug-likeness (QED) is 0.621. The fourth-order valence-corrected chi connectivity index (χ4v) is 2.31. The number of amides is 3. The number of urea groups is 1. The van der Waals surface area contributed by atoms with Crippen molar-refractivity contribution >= 4 is 17.9 Å². The van der Waals surface area contributed by atoms with E-state index in [2.05, 4.69) is 10.6 Å². The van der Waals surface area contributed by atoms with Crippen molar-refractivity contribution in [2.45, 2.75) is 25.3 Å². The molecule has 8 nitrogen and oxygen atoms in total. The maximum Gasteiger partial charge on any atom is 0.326 e. The molecule has 120 valence electrons. The largest absolute Gasteiger partial charge is 0.480 e. The van der Waals surface area contributed by atoms with Gasteiger partial charge in [-0.3, -0.25) is 4.79 Å². The van der Waals surface area contributed by atoms with Crippen LogP contribution < -0.4 is 10.6 Å². The van der Waals surface area contributed by atoms with Crippen LogP contribution in [0.2, 0.25) is 0 Å². The summed E-state index contributed by atoms with van der Waals surface area (Å²) >= 11 is 0. The van der Waals surface area contributed by atoms with Gasteiger partial charge in [0.15, 0.2) is 0 Å². The lowest BCUT2D eigenvalue weighted by molar-refractivity contribution is -0.139. The summed E-state index contributed by atoms with van der Waals surface area (Å²) in [6, 6.07) is -1.44. The van der Waals surface area contributed by atoms with Gasteiger partial charge in [-0.05, 0) is 12.8 Å². The van der Waals surface area contributed by atoms with Crippen molar-refractivity contribution in [3.8, 4) is 0 Å². The van der Waals surface area contributed by atoms with Gasteiger partial charge in [0, 0.05) is 40.3 Å². The first kappa shape index (κ1) is 17.2. The second-order valence-corrected chi connectivity index (χ2v) is 5.02. The molecule has 0 aliphatic carbocycles. The van der Waals surface area contributed by atoms with Crippen LogP contribution >= 0.6 is 0 Å². The number of carbonyl (C=O) groups is 3. The Labute approximate surface area is 123 Å². The van der Waals surface area contributed by atoms with Crippen molar-refractivity contribution in [3.05, 3.63) is 0 Å². The Morgan fingerprint density at radius 2 is 2.14 bits per heavy atom. The van der Waals surface area contributed by atoms with Gasteiger partial charge in [-0.15, -0.1) is 0 Å². The highest BCUT2D eigenvalue weighted by Gasteiger charge is 2.29. The Kier molecular flexibility index (Phi) is 6.93. The average Bonchev–Trinajstić information content (AvgIpc) is 2.50. The smallest absolute Gasteiger partial charge is 0.326 e. The van der Waals surface area contributed by atoms with Gasteiger partial charge in [-0.2, -0.15) is 0 Å². The van der Waals surface area contributed by atoms with Crippen LogP contribution in [0.15, 0.2) is 0 Å². The Bertz CT molecular complexity index is 388. The molecule has 1 heterocycles. The number of hydrogen-bond acceptors (Lipinski definition) is 4. The molecule has 8 heteroatoms. The molecule has 2 unspecified atom stereocenters. The number of carboxylic acid groups (broad SMARTS) is 1. The summed E-state index contributed by atoms with van der Waals surface area (Å²) in [5.74, 6) is -1.43. The highest BCUT2D eigenvalue weighted by molar-refractivity contribution is 5.84. The van der Waals surface area contributed by atoms with Crippen molar-refractivity contribution in [1.82, 2.24) is 15.5 Å². The van der Waals surface area contributed by atoms with Gasteiger partial charge in [0.25, 0.3) is 0 Å².